The minimum absolute atomic E-state index is 0.258. The maximum Gasteiger partial charge on any atom is 0.193 e. The number of hydrogen-bond donors (Lipinski definition) is 1. The Labute approximate surface area is 117 Å². The first kappa shape index (κ1) is 14.6. The number of piperidine rings is 1. The molecule has 1 N–H and O–H groups in total. The molecular weight excluding hydrogens is 238 g/mol. The molecule has 0 aliphatic carbocycles. The van der Waals surface area contributed by atoms with Crippen LogP contribution in [0.5, 0.6) is 0 Å². The fraction of sp³-hybridized carbons (Fsp3) is 0.933. The van der Waals surface area contributed by atoms with Crippen molar-refractivity contribution < 1.29 is 4.74 Å². The highest BCUT2D eigenvalue weighted by atomic mass is 16.5. The second-order valence-corrected chi connectivity index (χ2v) is 6.82. The summed E-state index contributed by atoms with van der Waals surface area (Å²) in [5, 5.41) is 3.45. The molecule has 0 saturated carbocycles. The van der Waals surface area contributed by atoms with E-state index < -0.39 is 0 Å². The summed E-state index contributed by atoms with van der Waals surface area (Å²) >= 11 is 0. The van der Waals surface area contributed by atoms with E-state index in [4.69, 9.17) is 9.73 Å². The predicted molar refractivity (Wildman–Crippen MR) is 79.4 cm³/mol. The van der Waals surface area contributed by atoms with Gasteiger partial charge in [-0.1, -0.05) is 20.8 Å². The molecular formula is C15H29N3O. The van der Waals surface area contributed by atoms with Gasteiger partial charge in [-0.15, -0.1) is 0 Å². The zero-order valence-corrected chi connectivity index (χ0v) is 12.9. The molecule has 2 unspecified atom stereocenters. The number of ether oxygens (including phenoxy) is 1. The average molecular weight is 267 g/mol. The lowest BCUT2D eigenvalue weighted by Gasteiger charge is -2.39. The smallest absolute Gasteiger partial charge is 0.193 e. The number of guanidine groups is 1. The van der Waals surface area contributed by atoms with E-state index >= 15 is 0 Å². The second-order valence-electron chi connectivity index (χ2n) is 6.82. The summed E-state index contributed by atoms with van der Waals surface area (Å²) in [6.07, 6.45) is 1.33. The standard InChI is InChI=1S/C15H29N3O/c1-5-16-14(17-9-15(4)10-19-11-15)18-7-12(2)6-13(3)8-18/h12-13H,5-11H2,1-4H3,(H,16,17). The van der Waals surface area contributed by atoms with Crippen LogP contribution in [0.1, 0.15) is 34.1 Å². The minimum Gasteiger partial charge on any atom is -0.380 e. The molecule has 0 aromatic rings. The van der Waals surface area contributed by atoms with Crippen molar-refractivity contribution in [3.63, 3.8) is 0 Å². The predicted octanol–water partition coefficient (Wildman–Crippen LogP) is 1.97. The van der Waals surface area contributed by atoms with Gasteiger partial charge in [0.25, 0.3) is 0 Å². The Balaban J connectivity index is 1.99. The largest absolute Gasteiger partial charge is 0.380 e. The van der Waals surface area contributed by atoms with Crippen molar-refractivity contribution in [3.05, 3.63) is 0 Å². The Hall–Kier alpha value is -0.770. The van der Waals surface area contributed by atoms with Crippen molar-refractivity contribution in [2.24, 2.45) is 22.2 Å². The van der Waals surface area contributed by atoms with Crippen molar-refractivity contribution in [2.45, 2.75) is 34.1 Å². The maximum atomic E-state index is 5.31. The molecule has 4 nitrogen and oxygen atoms in total. The van der Waals surface area contributed by atoms with Gasteiger partial charge in [0.2, 0.25) is 0 Å². The molecule has 0 spiro atoms. The fourth-order valence-corrected chi connectivity index (χ4v) is 3.07. The number of nitrogens with one attached hydrogen (secondary N) is 1. The normalized spacial score (nSPS) is 30.9. The fourth-order valence-electron chi connectivity index (χ4n) is 3.07. The van der Waals surface area contributed by atoms with Gasteiger partial charge in [-0.25, -0.2) is 0 Å². The van der Waals surface area contributed by atoms with Gasteiger partial charge < -0.3 is 15.0 Å². The van der Waals surface area contributed by atoms with E-state index in [1.54, 1.807) is 0 Å². The SMILES string of the molecule is CCNC(=NCC1(C)COC1)N1CC(C)CC(C)C1. The van der Waals surface area contributed by atoms with Gasteiger partial charge >= 0.3 is 0 Å². The first-order valence-electron chi connectivity index (χ1n) is 7.63. The van der Waals surface area contributed by atoms with Crippen LogP contribution in [-0.2, 0) is 4.74 Å². The van der Waals surface area contributed by atoms with Crippen molar-refractivity contribution in [3.8, 4) is 0 Å². The molecule has 2 aliphatic rings. The van der Waals surface area contributed by atoms with Crippen LogP contribution in [0.2, 0.25) is 0 Å². The van der Waals surface area contributed by atoms with Crippen molar-refractivity contribution >= 4 is 5.96 Å². The van der Waals surface area contributed by atoms with E-state index in [2.05, 4.69) is 37.9 Å². The summed E-state index contributed by atoms with van der Waals surface area (Å²) in [5.41, 5.74) is 0.258. The van der Waals surface area contributed by atoms with Gasteiger partial charge in [-0.3, -0.25) is 4.99 Å². The van der Waals surface area contributed by atoms with E-state index in [0.717, 1.165) is 57.2 Å². The van der Waals surface area contributed by atoms with Crippen molar-refractivity contribution in [1.29, 1.82) is 0 Å². The summed E-state index contributed by atoms with van der Waals surface area (Å²) < 4.78 is 5.31. The van der Waals surface area contributed by atoms with Crippen LogP contribution in [-0.4, -0.2) is 50.3 Å². The highest BCUT2D eigenvalue weighted by Gasteiger charge is 2.33. The lowest BCUT2D eigenvalue weighted by atomic mass is 9.89. The molecule has 2 aliphatic heterocycles. The van der Waals surface area contributed by atoms with E-state index in [9.17, 15) is 0 Å². The lowest BCUT2D eigenvalue weighted by Crippen LogP contribution is -2.49. The minimum atomic E-state index is 0.258. The summed E-state index contributed by atoms with van der Waals surface area (Å²) in [6, 6.07) is 0. The van der Waals surface area contributed by atoms with Crippen LogP contribution in [0.15, 0.2) is 4.99 Å². The van der Waals surface area contributed by atoms with Crippen LogP contribution in [0.25, 0.3) is 0 Å². The van der Waals surface area contributed by atoms with Gasteiger partial charge in [0, 0.05) is 25.0 Å². The van der Waals surface area contributed by atoms with E-state index in [-0.39, 0.29) is 5.41 Å². The molecule has 2 rings (SSSR count). The Bertz CT molecular complexity index is 315. The molecule has 2 fully saturated rings. The molecule has 0 bridgehead atoms. The summed E-state index contributed by atoms with van der Waals surface area (Å²) in [5.74, 6) is 2.61. The van der Waals surface area contributed by atoms with Gasteiger partial charge in [0.05, 0.1) is 19.8 Å². The Morgan fingerprint density at radius 1 is 1.32 bits per heavy atom. The first-order valence-corrected chi connectivity index (χ1v) is 7.63. The number of rotatable bonds is 3. The van der Waals surface area contributed by atoms with Crippen LogP contribution >= 0.6 is 0 Å². The molecule has 4 heteroatoms. The van der Waals surface area contributed by atoms with Crippen LogP contribution in [0.4, 0.5) is 0 Å². The van der Waals surface area contributed by atoms with Crippen LogP contribution in [0.3, 0.4) is 0 Å². The Morgan fingerprint density at radius 3 is 2.42 bits per heavy atom. The number of aliphatic imine (C=N–C) groups is 1. The van der Waals surface area contributed by atoms with E-state index in [0.29, 0.717) is 0 Å². The molecule has 2 heterocycles. The van der Waals surface area contributed by atoms with Crippen molar-refractivity contribution in [1.82, 2.24) is 10.2 Å². The molecule has 0 radical (unpaired) electrons. The highest BCUT2D eigenvalue weighted by molar-refractivity contribution is 5.80. The van der Waals surface area contributed by atoms with Gasteiger partial charge in [-0.05, 0) is 25.2 Å². The maximum absolute atomic E-state index is 5.31. The van der Waals surface area contributed by atoms with Crippen molar-refractivity contribution in [2.75, 3.05) is 39.4 Å². The quantitative estimate of drug-likeness (QED) is 0.627. The molecule has 2 atom stereocenters. The molecule has 2 saturated heterocycles. The zero-order chi connectivity index (χ0) is 13.9. The molecule has 0 aromatic carbocycles. The Morgan fingerprint density at radius 2 is 1.95 bits per heavy atom. The summed E-state index contributed by atoms with van der Waals surface area (Å²) in [6.45, 7) is 14.8. The zero-order valence-electron chi connectivity index (χ0n) is 12.9. The molecule has 19 heavy (non-hydrogen) atoms. The van der Waals surface area contributed by atoms with Crippen LogP contribution < -0.4 is 5.32 Å². The number of nitrogens with zero attached hydrogens (tertiary/aromatic N) is 2. The van der Waals surface area contributed by atoms with Gasteiger partial charge in [0.15, 0.2) is 5.96 Å². The van der Waals surface area contributed by atoms with Gasteiger partial charge in [-0.2, -0.15) is 0 Å². The van der Waals surface area contributed by atoms with E-state index in [1.165, 1.54) is 6.42 Å². The highest BCUT2D eigenvalue weighted by Crippen LogP contribution is 2.27. The molecule has 0 amide bonds. The monoisotopic (exact) mass is 267 g/mol. The third kappa shape index (κ3) is 3.85. The van der Waals surface area contributed by atoms with E-state index in [1.807, 2.05) is 0 Å². The lowest BCUT2D eigenvalue weighted by molar-refractivity contribution is -0.0946. The van der Waals surface area contributed by atoms with Gasteiger partial charge in [0.1, 0.15) is 0 Å². The summed E-state index contributed by atoms with van der Waals surface area (Å²) in [7, 11) is 0. The number of hydrogen-bond acceptors (Lipinski definition) is 2. The van der Waals surface area contributed by atoms with Crippen LogP contribution in [0, 0.1) is 17.3 Å². The third-order valence-corrected chi connectivity index (χ3v) is 4.01. The number of likely N-dealkylation sites (tertiary alicyclic amines) is 1. The third-order valence-electron chi connectivity index (χ3n) is 4.01. The molecule has 0 aromatic heterocycles. The topological polar surface area (TPSA) is 36.9 Å². The molecule has 110 valence electrons. The summed E-state index contributed by atoms with van der Waals surface area (Å²) in [4.78, 5) is 7.29. The second kappa shape index (κ2) is 6.12. The Kier molecular flexibility index (Phi) is 4.71. The first-order chi connectivity index (χ1) is 9.02. The average Bonchev–Trinajstić information content (AvgIpc) is 2.31.